The highest BCUT2D eigenvalue weighted by atomic mass is 16.6. The number of ether oxygens (including phenoxy) is 4. The molecule has 0 saturated carbocycles. The third kappa shape index (κ3) is 6.93. The number of rotatable bonds is 9. The van der Waals surface area contributed by atoms with Crippen molar-refractivity contribution in [1.29, 1.82) is 0 Å². The van der Waals surface area contributed by atoms with Crippen LogP contribution in [0, 0.1) is 0 Å². The molecule has 0 bridgehead atoms. The number of carbonyl (C=O) groups is 3. The molecule has 0 radical (unpaired) electrons. The number of nitrogens with one attached hydrogen (secondary N) is 1. The second kappa shape index (κ2) is 10.6. The first-order valence-electron chi connectivity index (χ1n) is 9.72. The van der Waals surface area contributed by atoms with Crippen molar-refractivity contribution in [2.75, 3.05) is 14.2 Å². The standard InChI is InChI=1S/C22H27NO9/c1-22(2,3)32-21(27)23-15(19(24)25)11-13-7-6-8-16(28-4)18(13)30-12-14-9-10-17(31-14)20(26)29-5/h6-10,15H,11-12H2,1-5H3,(H,23,27)(H,24,25). The first-order valence-corrected chi connectivity index (χ1v) is 9.72. The van der Waals surface area contributed by atoms with E-state index in [0.717, 1.165) is 0 Å². The SMILES string of the molecule is COC(=O)c1ccc(COc2c(CC(NC(=O)OC(C)(C)C)C(=O)O)cccc2OC)o1. The van der Waals surface area contributed by atoms with Crippen LogP contribution in [0.2, 0.25) is 0 Å². The van der Waals surface area contributed by atoms with Crippen molar-refractivity contribution in [3.63, 3.8) is 0 Å². The summed E-state index contributed by atoms with van der Waals surface area (Å²) in [5.41, 5.74) is -0.295. The first kappa shape index (κ1) is 24.6. The van der Waals surface area contributed by atoms with Crippen LogP contribution in [0.15, 0.2) is 34.7 Å². The number of benzene rings is 1. The van der Waals surface area contributed by atoms with Gasteiger partial charge in [-0.1, -0.05) is 12.1 Å². The highest BCUT2D eigenvalue weighted by Gasteiger charge is 2.26. The molecule has 0 spiro atoms. The maximum absolute atomic E-state index is 12.1. The molecule has 1 aromatic carbocycles. The van der Waals surface area contributed by atoms with Gasteiger partial charge in [-0.15, -0.1) is 0 Å². The van der Waals surface area contributed by atoms with Gasteiger partial charge in [0.25, 0.3) is 0 Å². The highest BCUT2D eigenvalue weighted by Crippen LogP contribution is 2.33. The van der Waals surface area contributed by atoms with E-state index in [0.29, 0.717) is 17.1 Å². The van der Waals surface area contributed by atoms with Gasteiger partial charge in [-0.2, -0.15) is 0 Å². The van der Waals surface area contributed by atoms with E-state index in [4.69, 9.17) is 18.6 Å². The van der Waals surface area contributed by atoms with Gasteiger partial charge >= 0.3 is 18.0 Å². The summed E-state index contributed by atoms with van der Waals surface area (Å²) in [4.78, 5) is 35.3. The lowest BCUT2D eigenvalue weighted by atomic mass is 10.0. The Morgan fingerprint density at radius 1 is 1.12 bits per heavy atom. The fraction of sp³-hybridized carbons (Fsp3) is 0.409. The van der Waals surface area contributed by atoms with E-state index in [1.165, 1.54) is 20.3 Å². The summed E-state index contributed by atoms with van der Waals surface area (Å²) in [7, 11) is 2.69. The number of carboxylic acids is 1. The molecule has 1 atom stereocenters. The number of hydrogen-bond acceptors (Lipinski definition) is 8. The number of carboxylic acid groups (broad SMARTS) is 1. The Balaban J connectivity index is 2.20. The Morgan fingerprint density at radius 3 is 2.44 bits per heavy atom. The summed E-state index contributed by atoms with van der Waals surface area (Å²) in [6, 6.07) is 6.73. The van der Waals surface area contributed by atoms with E-state index in [-0.39, 0.29) is 24.5 Å². The van der Waals surface area contributed by atoms with Crippen molar-refractivity contribution in [2.45, 2.75) is 45.4 Å². The number of esters is 1. The zero-order valence-corrected chi connectivity index (χ0v) is 18.6. The summed E-state index contributed by atoms with van der Waals surface area (Å²) in [5, 5.41) is 11.9. The molecule has 1 amide bonds. The van der Waals surface area contributed by atoms with Gasteiger partial charge in [0.1, 0.15) is 24.0 Å². The van der Waals surface area contributed by atoms with E-state index in [1.54, 1.807) is 45.0 Å². The lowest BCUT2D eigenvalue weighted by Gasteiger charge is -2.22. The lowest BCUT2D eigenvalue weighted by Crippen LogP contribution is -2.44. The third-order valence-electron chi connectivity index (χ3n) is 4.10. The fourth-order valence-electron chi connectivity index (χ4n) is 2.73. The van der Waals surface area contributed by atoms with Gasteiger partial charge in [0.2, 0.25) is 5.76 Å². The Labute approximate surface area is 185 Å². The third-order valence-corrected chi connectivity index (χ3v) is 4.10. The van der Waals surface area contributed by atoms with Gasteiger partial charge in [0.05, 0.1) is 14.2 Å². The Hall–Kier alpha value is -3.69. The molecule has 0 aliphatic rings. The minimum Gasteiger partial charge on any atom is -0.493 e. The molecule has 0 saturated heterocycles. The molecule has 0 aliphatic heterocycles. The van der Waals surface area contributed by atoms with Crippen LogP contribution in [0.4, 0.5) is 4.79 Å². The average Bonchev–Trinajstić information content (AvgIpc) is 3.19. The van der Waals surface area contributed by atoms with Crippen LogP contribution in [0.1, 0.15) is 42.6 Å². The number of amides is 1. The van der Waals surface area contributed by atoms with E-state index >= 15 is 0 Å². The van der Waals surface area contributed by atoms with Crippen LogP contribution >= 0.6 is 0 Å². The van der Waals surface area contributed by atoms with Crippen molar-refractivity contribution in [3.8, 4) is 11.5 Å². The van der Waals surface area contributed by atoms with Gasteiger partial charge in [-0.25, -0.2) is 14.4 Å². The number of carbonyl (C=O) groups excluding carboxylic acids is 2. The zero-order valence-electron chi connectivity index (χ0n) is 18.6. The normalized spacial score (nSPS) is 11.9. The summed E-state index contributed by atoms with van der Waals surface area (Å²) in [6.45, 7) is 4.98. The van der Waals surface area contributed by atoms with E-state index in [9.17, 15) is 19.5 Å². The lowest BCUT2D eigenvalue weighted by molar-refractivity contribution is -0.139. The Morgan fingerprint density at radius 2 is 1.84 bits per heavy atom. The van der Waals surface area contributed by atoms with E-state index in [1.807, 2.05) is 0 Å². The van der Waals surface area contributed by atoms with Crippen LogP contribution in [0.25, 0.3) is 0 Å². The minimum absolute atomic E-state index is 0.0267. The van der Waals surface area contributed by atoms with Crippen molar-refractivity contribution in [2.24, 2.45) is 0 Å². The summed E-state index contributed by atoms with van der Waals surface area (Å²) >= 11 is 0. The van der Waals surface area contributed by atoms with Crippen molar-refractivity contribution in [3.05, 3.63) is 47.4 Å². The Bertz CT molecular complexity index is 959. The van der Waals surface area contributed by atoms with Crippen LogP contribution < -0.4 is 14.8 Å². The predicted octanol–water partition coefficient (Wildman–Crippen LogP) is 3.17. The number of furan rings is 1. The quantitative estimate of drug-likeness (QED) is 0.554. The zero-order chi connectivity index (χ0) is 23.9. The smallest absolute Gasteiger partial charge is 0.408 e. The minimum atomic E-state index is -1.27. The van der Waals surface area contributed by atoms with Crippen molar-refractivity contribution < 1.29 is 42.9 Å². The van der Waals surface area contributed by atoms with Gasteiger partial charge in [-0.05, 0) is 39.0 Å². The topological polar surface area (TPSA) is 134 Å². The second-order valence-electron chi connectivity index (χ2n) is 7.74. The van der Waals surface area contributed by atoms with E-state index < -0.39 is 29.7 Å². The second-order valence-corrected chi connectivity index (χ2v) is 7.74. The molecule has 0 fully saturated rings. The summed E-state index contributed by atoms with van der Waals surface area (Å²) in [6.07, 6.45) is -0.937. The number of aliphatic carboxylic acids is 1. The monoisotopic (exact) mass is 449 g/mol. The molecule has 10 nitrogen and oxygen atoms in total. The predicted molar refractivity (Wildman–Crippen MR) is 112 cm³/mol. The highest BCUT2D eigenvalue weighted by molar-refractivity contribution is 5.86. The molecular weight excluding hydrogens is 422 g/mol. The average molecular weight is 449 g/mol. The summed E-state index contributed by atoms with van der Waals surface area (Å²) < 4.78 is 26.3. The molecule has 1 heterocycles. The molecule has 10 heteroatoms. The first-order chi connectivity index (χ1) is 15.0. The maximum atomic E-state index is 12.1. The van der Waals surface area contributed by atoms with Gasteiger partial charge in [0.15, 0.2) is 11.5 Å². The molecule has 2 rings (SSSR count). The van der Waals surface area contributed by atoms with Gasteiger partial charge in [0, 0.05) is 12.0 Å². The number of hydrogen-bond donors (Lipinski definition) is 2. The van der Waals surface area contributed by atoms with E-state index in [2.05, 4.69) is 10.1 Å². The molecule has 2 aromatic rings. The summed E-state index contributed by atoms with van der Waals surface area (Å²) in [5.74, 6) is -0.834. The van der Waals surface area contributed by atoms with Crippen LogP contribution in [0.5, 0.6) is 11.5 Å². The van der Waals surface area contributed by atoms with Gasteiger partial charge < -0.3 is 33.8 Å². The van der Waals surface area contributed by atoms with Crippen LogP contribution in [-0.4, -0.2) is 49.0 Å². The molecule has 174 valence electrons. The maximum Gasteiger partial charge on any atom is 0.408 e. The molecule has 1 aromatic heterocycles. The van der Waals surface area contributed by atoms with Gasteiger partial charge in [-0.3, -0.25) is 0 Å². The van der Waals surface area contributed by atoms with Crippen molar-refractivity contribution >= 4 is 18.0 Å². The van der Waals surface area contributed by atoms with Crippen LogP contribution in [-0.2, 0) is 27.3 Å². The van der Waals surface area contributed by atoms with Crippen molar-refractivity contribution in [1.82, 2.24) is 5.32 Å². The molecule has 2 N–H and O–H groups in total. The largest absolute Gasteiger partial charge is 0.493 e. The molecule has 1 unspecified atom stereocenters. The number of methoxy groups -OCH3 is 2. The number of para-hydroxylation sites is 1. The molecule has 0 aliphatic carbocycles. The number of alkyl carbamates (subject to hydrolysis) is 1. The fourth-order valence-corrected chi connectivity index (χ4v) is 2.73. The molecular formula is C22H27NO9. The molecule has 32 heavy (non-hydrogen) atoms. The van der Waals surface area contributed by atoms with Crippen LogP contribution in [0.3, 0.4) is 0 Å². The Kier molecular flexibility index (Phi) is 8.11.